The molecule has 0 radical (unpaired) electrons. The van der Waals surface area contributed by atoms with E-state index >= 15 is 0 Å². The first kappa shape index (κ1) is 17.9. The number of hydrogen-bond acceptors (Lipinski definition) is 7. The highest BCUT2D eigenvalue weighted by Gasteiger charge is 2.26. The van der Waals surface area contributed by atoms with Gasteiger partial charge in [-0.1, -0.05) is 0 Å². The first-order chi connectivity index (χ1) is 10.4. The van der Waals surface area contributed by atoms with E-state index in [1.165, 1.54) is 12.1 Å². The van der Waals surface area contributed by atoms with Gasteiger partial charge in [0.25, 0.3) is 5.69 Å². The number of nitro benzene ring substituents is 1. The smallest absolute Gasteiger partial charge is 0.308 e. The fourth-order valence-corrected chi connectivity index (χ4v) is 1.88. The molecule has 0 heterocycles. The Morgan fingerprint density at radius 3 is 2.55 bits per heavy atom. The Morgan fingerprint density at radius 2 is 2.00 bits per heavy atom. The molecule has 8 nitrogen and oxygen atoms in total. The fraction of sp³-hybridized carbons (Fsp3) is 0.500. The minimum atomic E-state index is -1.51. The summed E-state index contributed by atoms with van der Waals surface area (Å²) in [5.41, 5.74) is -0.200. The highest BCUT2D eigenvalue weighted by atomic mass is 16.6. The quantitative estimate of drug-likeness (QED) is 0.422. The Balaban J connectivity index is 3.02. The predicted molar refractivity (Wildman–Crippen MR) is 76.5 cm³/mol. The number of aliphatic hydroxyl groups is 2. The van der Waals surface area contributed by atoms with E-state index in [9.17, 15) is 25.1 Å². The highest BCUT2D eigenvalue weighted by molar-refractivity contribution is 5.70. The Bertz CT molecular complexity index is 532. The molecule has 0 aliphatic carbocycles. The van der Waals surface area contributed by atoms with Crippen molar-refractivity contribution in [2.75, 3.05) is 13.2 Å². The molecule has 1 aromatic carbocycles. The van der Waals surface area contributed by atoms with Crippen LogP contribution in [-0.4, -0.2) is 40.4 Å². The SMILES string of the molecule is CCOC(=O)CC(O)C(O)c1cc([N+](=O)[O-])ccc1OCC. The number of nitro groups is 1. The van der Waals surface area contributed by atoms with Gasteiger partial charge >= 0.3 is 5.97 Å². The summed E-state index contributed by atoms with van der Waals surface area (Å²) >= 11 is 0. The van der Waals surface area contributed by atoms with Gasteiger partial charge in [-0.2, -0.15) is 0 Å². The van der Waals surface area contributed by atoms with Gasteiger partial charge in [-0.25, -0.2) is 0 Å². The summed E-state index contributed by atoms with van der Waals surface area (Å²) < 4.78 is 9.97. The van der Waals surface area contributed by atoms with Crippen LogP contribution < -0.4 is 4.74 Å². The maximum absolute atomic E-state index is 11.3. The van der Waals surface area contributed by atoms with Gasteiger partial charge < -0.3 is 19.7 Å². The van der Waals surface area contributed by atoms with Gasteiger partial charge in [0.1, 0.15) is 11.9 Å². The third-order valence-corrected chi connectivity index (χ3v) is 2.87. The topological polar surface area (TPSA) is 119 Å². The molecule has 0 fully saturated rings. The first-order valence-electron chi connectivity index (χ1n) is 6.83. The van der Waals surface area contributed by atoms with Gasteiger partial charge in [-0.3, -0.25) is 14.9 Å². The van der Waals surface area contributed by atoms with Crippen LogP contribution in [0.5, 0.6) is 5.75 Å². The van der Waals surface area contributed by atoms with Crippen LogP contribution in [0.1, 0.15) is 31.9 Å². The van der Waals surface area contributed by atoms with Gasteiger partial charge in [0.05, 0.1) is 30.7 Å². The molecule has 0 aromatic heterocycles. The number of ether oxygens (including phenoxy) is 2. The third kappa shape index (κ3) is 4.68. The van der Waals surface area contributed by atoms with Crippen molar-refractivity contribution < 1.29 is 29.4 Å². The summed E-state index contributed by atoms with van der Waals surface area (Å²) in [7, 11) is 0. The molecule has 0 saturated heterocycles. The molecule has 2 unspecified atom stereocenters. The van der Waals surface area contributed by atoms with Crippen molar-refractivity contribution in [3.63, 3.8) is 0 Å². The van der Waals surface area contributed by atoms with Crippen molar-refractivity contribution in [3.8, 4) is 5.75 Å². The molecular formula is C14H19NO7. The molecule has 1 rings (SSSR count). The molecule has 0 aliphatic rings. The second-order valence-electron chi connectivity index (χ2n) is 4.43. The molecule has 8 heteroatoms. The van der Waals surface area contributed by atoms with Crippen molar-refractivity contribution in [3.05, 3.63) is 33.9 Å². The van der Waals surface area contributed by atoms with Crippen LogP contribution in [0.2, 0.25) is 0 Å². The second-order valence-corrected chi connectivity index (χ2v) is 4.43. The lowest BCUT2D eigenvalue weighted by molar-refractivity contribution is -0.385. The van der Waals surface area contributed by atoms with E-state index in [-0.39, 0.29) is 30.2 Å². The van der Waals surface area contributed by atoms with Gasteiger partial charge in [-0.15, -0.1) is 0 Å². The van der Waals surface area contributed by atoms with Gasteiger partial charge in [0.2, 0.25) is 0 Å². The van der Waals surface area contributed by atoms with Crippen LogP contribution >= 0.6 is 0 Å². The lowest BCUT2D eigenvalue weighted by Gasteiger charge is -2.20. The van der Waals surface area contributed by atoms with Crippen molar-refractivity contribution in [2.24, 2.45) is 0 Å². The number of hydrogen-bond donors (Lipinski definition) is 2. The van der Waals surface area contributed by atoms with E-state index in [1.807, 2.05) is 0 Å². The second kappa shape index (κ2) is 8.30. The molecule has 1 aromatic rings. The minimum Gasteiger partial charge on any atom is -0.493 e. The van der Waals surface area contributed by atoms with E-state index in [1.54, 1.807) is 13.8 Å². The Labute approximate surface area is 127 Å². The zero-order chi connectivity index (χ0) is 16.7. The van der Waals surface area contributed by atoms with E-state index < -0.39 is 29.5 Å². The molecule has 0 saturated carbocycles. The van der Waals surface area contributed by atoms with Crippen molar-refractivity contribution in [1.29, 1.82) is 0 Å². The lowest BCUT2D eigenvalue weighted by atomic mass is 10.0. The van der Waals surface area contributed by atoms with Crippen LogP contribution in [0, 0.1) is 10.1 Å². The van der Waals surface area contributed by atoms with Crippen LogP contribution in [0.4, 0.5) is 5.69 Å². The van der Waals surface area contributed by atoms with Gasteiger partial charge in [0, 0.05) is 17.7 Å². The van der Waals surface area contributed by atoms with E-state index in [4.69, 9.17) is 4.74 Å². The summed E-state index contributed by atoms with van der Waals surface area (Å²) in [6.45, 7) is 3.77. The maximum Gasteiger partial charge on any atom is 0.308 e. The Morgan fingerprint density at radius 1 is 1.32 bits per heavy atom. The molecule has 0 amide bonds. The maximum atomic E-state index is 11.3. The summed E-state index contributed by atoms with van der Waals surface area (Å²) in [4.78, 5) is 21.5. The van der Waals surface area contributed by atoms with E-state index in [2.05, 4.69) is 4.74 Å². The predicted octanol–water partition coefficient (Wildman–Crippen LogP) is 1.34. The summed E-state index contributed by atoms with van der Waals surface area (Å²) in [5, 5.41) is 30.9. The van der Waals surface area contributed by atoms with E-state index in [0.29, 0.717) is 0 Å². The van der Waals surface area contributed by atoms with Crippen LogP contribution in [0.15, 0.2) is 18.2 Å². The number of carbonyl (C=O) groups excluding carboxylic acids is 1. The highest BCUT2D eigenvalue weighted by Crippen LogP contribution is 2.32. The molecule has 22 heavy (non-hydrogen) atoms. The summed E-state index contributed by atoms with van der Waals surface area (Å²) in [6.07, 6.45) is -3.39. The fourth-order valence-electron chi connectivity index (χ4n) is 1.88. The lowest BCUT2D eigenvalue weighted by Crippen LogP contribution is -2.23. The largest absolute Gasteiger partial charge is 0.493 e. The molecule has 122 valence electrons. The van der Waals surface area contributed by atoms with Gasteiger partial charge in [0.15, 0.2) is 0 Å². The summed E-state index contributed by atoms with van der Waals surface area (Å²) in [5.74, 6) is -0.457. The monoisotopic (exact) mass is 313 g/mol. The first-order valence-corrected chi connectivity index (χ1v) is 6.83. The molecule has 0 bridgehead atoms. The normalized spacial score (nSPS) is 13.3. The number of non-ortho nitro benzene ring substituents is 1. The Hall–Kier alpha value is -2.19. The number of nitrogens with zero attached hydrogens (tertiary/aromatic N) is 1. The molecular weight excluding hydrogens is 294 g/mol. The van der Waals surface area contributed by atoms with E-state index in [0.717, 1.165) is 6.07 Å². The number of carbonyl (C=O) groups is 1. The average molecular weight is 313 g/mol. The number of esters is 1. The van der Waals surface area contributed by atoms with Crippen molar-refractivity contribution in [2.45, 2.75) is 32.5 Å². The number of aliphatic hydroxyl groups excluding tert-OH is 2. The van der Waals surface area contributed by atoms with Crippen molar-refractivity contribution in [1.82, 2.24) is 0 Å². The van der Waals surface area contributed by atoms with Gasteiger partial charge in [-0.05, 0) is 19.9 Å². The standard InChI is InChI=1S/C14H19NO7/c1-3-21-12-6-5-9(15(19)20)7-10(12)14(18)11(16)8-13(17)22-4-2/h5-7,11,14,16,18H,3-4,8H2,1-2H3. The molecule has 0 aliphatic heterocycles. The zero-order valence-electron chi connectivity index (χ0n) is 12.4. The Kier molecular flexibility index (Phi) is 6.74. The van der Waals surface area contributed by atoms with Crippen LogP contribution in [0.25, 0.3) is 0 Å². The number of benzene rings is 1. The summed E-state index contributed by atoms with van der Waals surface area (Å²) in [6, 6.07) is 3.69. The molecule has 0 spiro atoms. The van der Waals surface area contributed by atoms with Crippen LogP contribution in [-0.2, 0) is 9.53 Å². The minimum absolute atomic E-state index is 0.0489. The van der Waals surface area contributed by atoms with Crippen LogP contribution in [0.3, 0.4) is 0 Å². The zero-order valence-corrected chi connectivity index (χ0v) is 12.4. The number of rotatable bonds is 8. The molecule has 2 atom stereocenters. The third-order valence-electron chi connectivity index (χ3n) is 2.87. The molecule has 2 N–H and O–H groups in total. The average Bonchev–Trinajstić information content (AvgIpc) is 2.47. The van der Waals surface area contributed by atoms with Crippen molar-refractivity contribution >= 4 is 11.7 Å².